The largest absolute Gasteiger partial charge is 0.406 e. The van der Waals surface area contributed by atoms with E-state index in [1.54, 1.807) is 76.9 Å². The van der Waals surface area contributed by atoms with Crippen molar-refractivity contribution in [2.24, 2.45) is 0 Å². The lowest BCUT2D eigenvalue weighted by molar-refractivity contribution is -0.886. The molecule has 0 radical (unpaired) electrons. The minimum Gasteiger partial charge on any atom is -0.337 e. The van der Waals surface area contributed by atoms with Gasteiger partial charge in [0.15, 0.2) is 0 Å². The Morgan fingerprint density at radius 1 is 0.381 bits per heavy atom. The lowest BCUT2D eigenvalue weighted by Gasteiger charge is -2.40. The highest BCUT2D eigenvalue weighted by molar-refractivity contribution is 5.91. The average molecular weight is 1100 g/mol. The number of quaternary nitrogens is 2. The molecule has 2 aliphatic rings. The van der Waals surface area contributed by atoms with E-state index < -0.39 is 17.0 Å². The SMILES string of the molecule is Cc1ccc(-c2ccc(-c3ccc(C4(c5ccc(-c6ccc(-c7ccc(C(c8ccccc8)(c8ccc(-c9ccc(-c%10ccc(C%11(C)C(=O)[NH2+]c%12ccccc%12%11)cc%10)cc9)cc8)C(F)(F)F)cc7)cc6)cc5)CC[NH+](C)CC4)cc3)cc2)cc1. The number of piperidine rings is 1. The molecule has 0 saturated carbocycles. The van der Waals surface area contributed by atoms with Crippen molar-refractivity contribution in [1.29, 1.82) is 0 Å². The lowest BCUT2D eigenvalue weighted by Crippen LogP contribution is -3.10. The predicted octanol–water partition coefficient (Wildman–Crippen LogP) is 16.5. The summed E-state index contributed by atoms with van der Waals surface area (Å²) in [5.74, 6) is 0.0737. The number of hydrogen-bond donors (Lipinski definition) is 2. The summed E-state index contributed by atoms with van der Waals surface area (Å²) in [6.45, 7) is 6.30. The molecular formula is C78H65F3N2O+2. The minimum atomic E-state index is -4.69. The third-order valence-electron chi connectivity index (χ3n) is 18.5. The molecule has 84 heavy (non-hydrogen) atoms. The molecule has 412 valence electrons. The lowest BCUT2D eigenvalue weighted by atomic mass is 9.68. The van der Waals surface area contributed by atoms with E-state index in [1.165, 1.54) is 38.9 Å². The molecular weight excluding hydrogens is 1040 g/mol. The van der Waals surface area contributed by atoms with Gasteiger partial charge in [-0.05, 0) is 120 Å². The average Bonchev–Trinajstić information content (AvgIpc) is 2.79. The standard InChI is InChI=1S/C78H63F3N2O/c1-53-13-15-54(16-14-53)55-17-19-57(20-18-55)62-31-41-67(42-32-62)76(49-51-83(3)52-50-76)68-43-33-63(34-44-68)58-23-27-60(28-24-58)65-37-47-71(48-38-65)77(78(79,80)81,69-9-5-4-6-10-69)70-45-35-64(36-46-70)59-25-21-56(22-26-59)61-29-39-66(40-30-61)75(2)72-11-7-8-12-73(72)82-74(75)84/h4-48H,49-52H2,1-3H3,(H,82,84)/p+2. The van der Waals surface area contributed by atoms with E-state index in [0.29, 0.717) is 0 Å². The van der Waals surface area contributed by atoms with Crippen molar-refractivity contribution in [3.63, 3.8) is 0 Å². The van der Waals surface area contributed by atoms with Gasteiger partial charge >= 0.3 is 12.1 Å². The van der Waals surface area contributed by atoms with Gasteiger partial charge < -0.3 is 4.90 Å². The van der Waals surface area contributed by atoms with Crippen LogP contribution >= 0.6 is 0 Å². The number of halogens is 3. The highest BCUT2D eigenvalue weighted by Crippen LogP contribution is 2.52. The van der Waals surface area contributed by atoms with Crippen LogP contribution < -0.4 is 10.2 Å². The first kappa shape index (κ1) is 54.1. The van der Waals surface area contributed by atoms with Crippen molar-refractivity contribution in [3.8, 4) is 66.8 Å². The summed E-state index contributed by atoms with van der Waals surface area (Å²) in [6, 6.07) is 90.4. The molecule has 1 fully saturated rings. The van der Waals surface area contributed by atoms with Crippen LogP contribution in [0.5, 0.6) is 0 Å². The Balaban J connectivity index is 0.724. The number of nitrogens with two attached hydrogens (primary N) is 1. The number of carbonyl (C=O) groups excluding carboxylic acids is 1. The Labute approximate surface area is 490 Å². The van der Waals surface area contributed by atoms with E-state index in [0.717, 1.165) is 87.3 Å². The molecule has 6 heteroatoms. The summed E-state index contributed by atoms with van der Waals surface area (Å²) in [6.07, 6.45) is -2.56. The van der Waals surface area contributed by atoms with Gasteiger partial charge in [-0.1, -0.05) is 272 Å². The van der Waals surface area contributed by atoms with Crippen LogP contribution in [0.1, 0.15) is 64.3 Å². The first-order valence-corrected chi connectivity index (χ1v) is 29.1. The first-order chi connectivity index (χ1) is 40.8. The summed E-state index contributed by atoms with van der Waals surface area (Å²) < 4.78 is 48.8. The van der Waals surface area contributed by atoms with Gasteiger partial charge in [-0.25, -0.2) is 10.1 Å². The van der Waals surface area contributed by atoms with Gasteiger partial charge in [-0.2, -0.15) is 13.2 Å². The van der Waals surface area contributed by atoms with Gasteiger partial charge in [0.25, 0.3) is 0 Å². The molecule has 11 aromatic rings. The van der Waals surface area contributed by atoms with Crippen LogP contribution in [-0.2, 0) is 21.0 Å². The molecule has 2 heterocycles. The molecule has 2 aliphatic heterocycles. The second-order valence-corrected chi connectivity index (χ2v) is 23.4. The van der Waals surface area contributed by atoms with Crippen molar-refractivity contribution in [1.82, 2.24) is 0 Å². The molecule has 3 nitrogen and oxygen atoms in total. The second-order valence-electron chi connectivity index (χ2n) is 23.4. The van der Waals surface area contributed by atoms with Crippen LogP contribution in [0.15, 0.2) is 273 Å². The number of fused-ring (bicyclic) bond motifs is 1. The van der Waals surface area contributed by atoms with E-state index in [-0.39, 0.29) is 28.0 Å². The highest BCUT2D eigenvalue weighted by Gasteiger charge is 2.58. The fraction of sp³-hybridized carbons (Fsp3) is 0.141. The van der Waals surface area contributed by atoms with Crippen LogP contribution in [0.3, 0.4) is 0 Å². The number of benzene rings is 11. The van der Waals surface area contributed by atoms with E-state index in [1.807, 2.05) is 91.9 Å². The van der Waals surface area contributed by atoms with Crippen LogP contribution in [0.2, 0.25) is 0 Å². The molecule has 1 amide bonds. The second kappa shape index (κ2) is 21.8. The van der Waals surface area contributed by atoms with Gasteiger partial charge in [0.2, 0.25) is 0 Å². The van der Waals surface area contributed by atoms with Crippen LogP contribution in [0.25, 0.3) is 66.8 Å². The van der Waals surface area contributed by atoms with E-state index in [9.17, 15) is 4.79 Å². The number of nitrogens with one attached hydrogen (secondary N) is 1. The van der Waals surface area contributed by atoms with Gasteiger partial charge in [0.1, 0.15) is 16.5 Å². The molecule has 13 rings (SSSR count). The maximum absolute atomic E-state index is 16.3. The van der Waals surface area contributed by atoms with Crippen molar-refractivity contribution in [2.75, 3.05) is 20.1 Å². The summed E-state index contributed by atoms with van der Waals surface area (Å²) in [5, 5.41) is 1.73. The van der Waals surface area contributed by atoms with Gasteiger partial charge in [-0.15, -0.1) is 0 Å². The van der Waals surface area contributed by atoms with Crippen molar-refractivity contribution in [2.45, 2.75) is 49.1 Å². The number of para-hydroxylation sites is 1. The summed E-state index contributed by atoms with van der Waals surface area (Å²) >= 11 is 0. The maximum Gasteiger partial charge on any atom is 0.406 e. The minimum absolute atomic E-state index is 0.0737. The number of carbonyl (C=O) groups is 1. The Kier molecular flexibility index (Phi) is 14.1. The number of likely N-dealkylation sites (tertiary alicyclic amines) is 1. The number of amides is 1. The number of rotatable bonds is 12. The molecule has 0 aromatic heterocycles. The molecule has 11 aromatic carbocycles. The Hall–Kier alpha value is -9.20. The quantitative estimate of drug-likeness (QED) is 0.0929. The fourth-order valence-corrected chi connectivity index (χ4v) is 13.4. The van der Waals surface area contributed by atoms with Gasteiger partial charge in [-0.3, -0.25) is 0 Å². The Morgan fingerprint density at radius 2 is 0.679 bits per heavy atom. The molecule has 0 aliphatic carbocycles. The zero-order valence-electron chi connectivity index (χ0n) is 47.4. The van der Waals surface area contributed by atoms with E-state index in [4.69, 9.17) is 0 Å². The van der Waals surface area contributed by atoms with E-state index >= 15 is 13.2 Å². The summed E-state index contributed by atoms with van der Waals surface area (Å²) in [4.78, 5) is 14.8. The Bertz CT molecular complexity index is 4110. The van der Waals surface area contributed by atoms with E-state index in [2.05, 4.69) is 135 Å². The van der Waals surface area contributed by atoms with Crippen LogP contribution in [0.4, 0.5) is 18.9 Å². The molecule has 0 bridgehead atoms. The number of alkyl halides is 3. The molecule has 2 atom stereocenters. The molecule has 0 spiro atoms. The third-order valence-corrected chi connectivity index (χ3v) is 18.5. The highest BCUT2D eigenvalue weighted by atomic mass is 19.4. The smallest absolute Gasteiger partial charge is 0.337 e. The normalized spacial score (nSPS) is 18.5. The van der Waals surface area contributed by atoms with Gasteiger partial charge in [0, 0.05) is 23.8 Å². The van der Waals surface area contributed by atoms with Crippen LogP contribution in [0, 0.1) is 6.92 Å². The number of hydrogen-bond acceptors (Lipinski definition) is 1. The zero-order valence-corrected chi connectivity index (χ0v) is 47.4. The predicted molar refractivity (Wildman–Crippen MR) is 335 cm³/mol. The Morgan fingerprint density at radius 3 is 1.05 bits per heavy atom. The molecule has 1 saturated heterocycles. The topological polar surface area (TPSA) is 38.1 Å². The van der Waals surface area contributed by atoms with Crippen molar-refractivity contribution in [3.05, 3.63) is 317 Å². The molecule has 2 unspecified atom stereocenters. The van der Waals surface area contributed by atoms with Gasteiger partial charge in [0.05, 0.1) is 20.1 Å². The summed E-state index contributed by atoms with van der Waals surface area (Å²) in [5.41, 5.74) is 16.5. The van der Waals surface area contributed by atoms with Crippen molar-refractivity contribution < 1.29 is 28.2 Å². The number of primary amides is 1. The summed E-state index contributed by atoms with van der Waals surface area (Å²) in [7, 11) is 2.29. The van der Waals surface area contributed by atoms with Crippen molar-refractivity contribution >= 4 is 11.6 Å². The first-order valence-electron chi connectivity index (χ1n) is 29.1. The zero-order chi connectivity index (χ0) is 57.6. The third kappa shape index (κ3) is 9.69. The monoisotopic (exact) mass is 1100 g/mol. The fourth-order valence-electron chi connectivity index (χ4n) is 13.4. The van der Waals surface area contributed by atoms with Crippen LogP contribution in [-0.4, -0.2) is 32.2 Å². The number of aryl methyl sites for hydroxylation is 1. The molecule has 3 N–H and O–H groups in total. The maximum atomic E-state index is 16.3.